The lowest BCUT2D eigenvalue weighted by atomic mass is 10.00. The van der Waals surface area contributed by atoms with E-state index in [1.165, 1.54) is 5.56 Å². The highest BCUT2D eigenvalue weighted by molar-refractivity contribution is 7.84. The van der Waals surface area contributed by atoms with Crippen LogP contribution in [0.2, 0.25) is 0 Å². The molecule has 1 saturated heterocycles. The zero-order valence-corrected chi connectivity index (χ0v) is 20.3. The van der Waals surface area contributed by atoms with E-state index in [0.717, 1.165) is 38.5 Å². The largest absolute Gasteiger partial charge is 0.378 e. The molecule has 35 heavy (non-hydrogen) atoms. The van der Waals surface area contributed by atoms with Gasteiger partial charge in [0.15, 0.2) is 5.69 Å². The van der Waals surface area contributed by atoms with Crippen LogP contribution in [0, 0.1) is 6.92 Å². The van der Waals surface area contributed by atoms with Gasteiger partial charge in [-0.25, -0.2) is 4.68 Å². The van der Waals surface area contributed by atoms with Gasteiger partial charge in [-0.05, 0) is 41.8 Å². The molecular weight excluding hydrogens is 458 g/mol. The zero-order valence-electron chi connectivity index (χ0n) is 19.4. The summed E-state index contributed by atoms with van der Waals surface area (Å²) >= 11 is 0. The molecule has 1 aromatic heterocycles. The number of carbonyl (C=O) groups excluding carboxylic acids is 1. The first-order valence-electron chi connectivity index (χ1n) is 11.7. The van der Waals surface area contributed by atoms with Crippen molar-refractivity contribution in [2.45, 2.75) is 17.6 Å². The SMILES string of the molecule is Cc1ccccc1-c1cccc(-n2nc(C(=O)N3CCOCC3)c3c2-c2ccccc2S(=O)C3)c1. The summed E-state index contributed by atoms with van der Waals surface area (Å²) in [5, 5.41) is 4.88. The Morgan fingerprint density at radius 3 is 2.49 bits per heavy atom. The average molecular weight is 484 g/mol. The van der Waals surface area contributed by atoms with Crippen LogP contribution in [0.4, 0.5) is 0 Å². The molecule has 1 unspecified atom stereocenters. The fraction of sp³-hybridized carbons (Fsp3) is 0.214. The van der Waals surface area contributed by atoms with Crippen LogP contribution in [-0.4, -0.2) is 51.1 Å². The van der Waals surface area contributed by atoms with Crippen LogP contribution < -0.4 is 0 Å². The average Bonchev–Trinajstić information content (AvgIpc) is 3.29. The number of ether oxygens (including phenoxy) is 1. The summed E-state index contributed by atoms with van der Waals surface area (Å²) in [7, 11) is -1.24. The lowest BCUT2D eigenvalue weighted by molar-refractivity contribution is 0.0298. The maximum atomic E-state index is 13.6. The molecule has 3 heterocycles. The van der Waals surface area contributed by atoms with Crippen molar-refractivity contribution in [1.29, 1.82) is 0 Å². The third-order valence-electron chi connectivity index (χ3n) is 6.69. The monoisotopic (exact) mass is 483 g/mol. The first-order chi connectivity index (χ1) is 17.1. The molecule has 6 rings (SSSR count). The van der Waals surface area contributed by atoms with Crippen molar-refractivity contribution in [3.8, 4) is 28.1 Å². The van der Waals surface area contributed by atoms with Crippen LogP contribution >= 0.6 is 0 Å². The summed E-state index contributed by atoms with van der Waals surface area (Å²) in [6, 6.07) is 24.2. The number of carbonyl (C=O) groups is 1. The summed E-state index contributed by atoms with van der Waals surface area (Å²) in [6.07, 6.45) is 0. The minimum atomic E-state index is -1.24. The van der Waals surface area contributed by atoms with Crippen molar-refractivity contribution in [3.05, 3.63) is 89.6 Å². The molecule has 4 aromatic rings. The van der Waals surface area contributed by atoms with Crippen molar-refractivity contribution >= 4 is 16.7 Å². The Labute approximate surface area is 206 Å². The standard InChI is InChI=1S/C28H25N3O3S/c1-19-7-2-3-10-22(19)20-8-6-9-21(17-20)31-27-23-11-4-5-12-25(23)35(33)18-24(27)26(29-31)28(32)30-13-15-34-16-14-30/h2-12,17H,13-16,18H2,1H3. The number of rotatable bonds is 3. The van der Waals surface area contributed by atoms with Gasteiger partial charge in [0, 0.05) is 29.1 Å². The Balaban J connectivity index is 1.54. The third-order valence-corrected chi connectivity index (χ3v) is 8.09. The highest BCUT2D eigenvalue weighted by Crippen LogP contribution is 2.39. The Kier molecular flexibility index (Phi) is 5.59. The van der Waals surface area contributed by atoms with Crippen molar-refractivity contribution in [3.63, 3.8) is 0 Å². The van der Waals surface area contributed by atoms with E-state index in [-0.39, 0.29) is 11.7 Å². The van der Waals surface area contributed by atoms with Gasteiger partial charge in [-0.3, -0.25) is 9.00 Å². The predicted molar refractivity (Wildman–Crippen MR) is 136 cm³/mol. The molecule has 176 valence electrons. The fourth-order valence-corrected chi connectivity index (χ4v) is 6.24. The number of hydrogen-bond donors (Lipinski definition) is 0. The number of aromatic nitrogens is 2. The molecule has 1 atom stereocenters. The number of amides is 1. The van der Waals surface area contributed by atoms with E-state index in [0.29, 0.717) is 32.0 Å². The van der Waals surface area contributed by atoms with Crippen LogP contribution in [0.3, 0.4) is 0 Å². The molecule has 0 saturated carbocycles. The molecule has 2 aliphatic heterocycles. The maximum Gasteiger partial charge on any atom is 0.274 e. The van der Waals surface area contributed by atoms with E-state index in [9.17, 15) is 9.00 Å². The van der Waals surface area contributed by atoms with Gasteiger partial charge in [-0.15, -0.1) is 0 Å². The zero-order chi connectivity index (χ0) is 23.9. The molecule has 0 aliphatic carbocycles. The van der Waals surface area contributed by atoms with E-state index in [1.807, 2.05) is 53.2 Å². The second-order valence-electron chi connectivity index (χ2n) is 8.84. The predicted octanol–water partition coefficient (Wildman–Crippen LogP) is 4.61. The van der Waals surface area contributed by atoms with Gasteiger partial charge in [0.25, 0.3) is 5.91 Å². The number of nitrogens with zero attached hydrogens (tertiary/aromatic N) is 3. The van der Waals surface area contributed by atoms with E-state index in [1.54, 1.807) is 4.90 Å². The Hall–Kier alpha value is -3.55. The van der Waals surface area contributed by atoms with Crippen molar-refractivity contribution < 1.29 is 13.7 Å². The van der Waals surface area contributed by atoms with E-state index < -0.39 is 10.8 Å². The lowest BCUT2D eigenvalue weighted by Crippen LogP contribution is -2.41. The number of fused-ring (bicyclic) bond motifs is 3. The number of morpholine rings is 1. The fourth-order valence-electron chi connectivity index (χ4n) is 4.91. The summed E-state index contributed by atoms with van der Waals surface area (Å²) < 4.78 is 20.4. The summed E-state index contributed by atoms with van der Waals surface area (Å²) in [6.45, 7) is 4.19. The number of aryl methyl sites for hydroxylation is 1. The van der Waals surface area contributed by atoms with Crippen LogP contribution in [0.15, 0.2) is 77.7 Å². The number of benzene rings is 3. The van der Waals surface area contributed by atoms with Gasteiger partial charge in [-0.2, -0.15) is 5.10 Å². The smallest absolute Gasteiger partial charge is 0.274 e. The highest BCUT2D eigenvalue weighted by Gasteiger charge is 2.34. The van der Waals surface area contributed by atoms with Crippen LogP contribution in [0.25, 0.3) is 28.1 Å². The van der Waals surface area contributed by atoms with Gasteiger partial charge in [0.1, 0.15) is 0 Å². The second-order valence-corrected chi connectivity index (χ2v) is 10.3. The van der Waals surface area contributed by atoms with E-state index in [2.05, 4.69) is 31.2 Å². The first kappa shape index (κ1) is 21.9. The second kappa shape index (κ2) is 8.91. The Morgan fingerprint density at radius 1 is 0.943 bits per heavy atom. The minimum Gasteiger partial charge on any atom is -0.378 e. The summed E-state index contributed by atoms with van der Waals surface area (Å²) in [5.41, 5.74) is 7.13. The normalized spacial score (nSPS) is 17.1. The minimum absolute atomic E-state index is 0.130. The molecule has 0 bridgehead atoms. The quantitative estimate of drug-likeness (QED) is 0.427. The van der Waals surface area contributed by atoms with Gasteiger partial charge in [0.05, 0.1) is 41.1 Å². The van der Waals surface area contributed by atoms with Crippen molar-refractivity contribution in [2.75, 3.05) is 26.3 Å². The molecular formula is C28H25N3O3S. The molecule has 0 radical (unpaired) electrons. The van der Waals surface area contributed by atoms with Gasteiger partial charge < -0.3 is 9.64 Å². The maximum absolute atomic E-state index is 13.6. The Morgan fingerprint density at radius 2 is 1.69 bits per heavy atom. The third kappa shape index (κ3) is 3.81. The molecule has 0 N–H and O–H groups in total. The van der Waals surface area contributed by atoms with Crippen molar-refractivity contribution in [2.24, 2.45) is 0 Å². The highest BCUT2D eigenvalue weighted by atomic mass is 32.2. The summed E-state index contributed by atoms with van der Waals surface area (Å²) in [5.74, 6) is 0.143. The van der Waals surface area contributed by atoms with Gasteiger partial charge in [-0.1, -0.05) is 54.6 Å². The lowest BCUT2D eigenvalue weighted by Gasteiger charge is -2.26. The van der Waals surface area contributed by atoms with Crippen LogP contribution in [-0.2, 0) is 21.3 Å². The molecule has 0 spiro atoms. The Bertz CT molecular complexity index is 1470. The molecule has 1 amide bonds. The van der Waals surface area contributed by atoms with Crippen LogP contribution in [0.1, 0.15) is 21.6 Å². The molecule has 2 aliphatic rings. The number of hydrogen-bond acceptors (Lipinski definition) is 4. The first-order valence-corrected chi connectivity index (χ1v) is 13.1. The topological polar surface area (TPSA) is 64.4 Å². The molecule has 7 heteroatoms. The van der Waals surface area contributed by atoms with Gasteiger partial charge in [0.2, 0.25) is 0 Å². The van der Waals surface area contributed by atoms with Crippen molar-refractivity contribution in [1.82, 2.24) is 14.7 Å². The molecule has 3 aromatic carbocycles. The van der Waals surface area contributed by atoms with E-state index >= 15 is 0 Å². The molecule has 1 fully saturated rings. The summed E-state index contributed by atoms with van der Waals surface area (Å²) in [4.78, 5) is 16.1. The van der Waals surface area contributed by atoms with Crippen LogP contribution in [0.5, 0.6) is 0 Å². The van der Waals surface area contributed by atoms with Gasteiger partial charge >= 0.3 is 0 Å². The molecule has 6 nitrogen and oxygen atoms in total. The van der Waals surface area contributed by atoms with E-state index in [4.69, 9.17) is 9.84 Å².